The predicted octanol–water partition coefficient (Wildman–Crippen LogP) is 3.17. The van der Waals surface area contributed by atoms with Crippen molar-refractivity contribution in [2.45, 2.75) is 5.75 Å². The van der Waals surface area contributed by atoms with Gasteiger partial charge in [-0.2, -0.15) is 5.26 Å². The molecule has 6 nitrogen and oxygen atoms in total. The van der Waals surface area contributed by atoms with E-state index in [1.165, 1.54) is 27.4 Å². The van der Waals surface area contributed by atoms with Crippen LogP contribution in [0.15, 0.2) is 41.8 Å². The number of nitriles is 1. The Morgan fingerprint density at radius 3 is 2.04 bits per heavy atom. The molecule has 0 aromatic heterocycles. The van der Waals surface area contributed by atoms with Crippen molar-refractivity contribution >= 4 is 15.9 Å². The zero-order valence-corrected chi connectivity index (χ0v) is 15.5. The summed E-state index contributed by atoms with van der Waals surface area (Å²) in [5, 5.41) is 9.92. The standard InChI is InChI=1S/C19H19NO5S/c1-23-16-10-18(24-2)17(19(11-16)25-3)8-9-26(21,22)13-15-6-4-14(12-20)5-7-15/h4-11H,13H2,1-3H3/b9-8+. The number of hydrogen-bond donors (Lipinski definition) is 0. The summed E-state index contributed by atoms with van der Waals surface area (Å²) >= 11 is 0. The first-order chi connectivity index (χ1) is 12.4. The maximum Gasteiger partial charge on any atom is 0.175 e. The normalized spacial score (nSPS) is 11.2. The highest BCUT2D eigenvalue weighted by Crippen LogP contribution is 2.35. The van der Waals surface area contributed by atoms with E-state index in [1.807, 2.05) is 6.07 Å². The van der Waals surface area contributed by atoms with E-state index in [0.717, 1.165) is 5.41 Å². The van der Waals surface area contributed by atoms with Crippen molar-refractivity contribution in [2.75, 3.05) is 21.3 Å². The van der Waals surface area contributed by atoms with Gasteiger partial charge >= 0.3 is 0 Å². The van der Waals surface area contributed by atoms with Gasteiger partial charge in [-0.1, -0.05) is 12.1 Å². The van der Waals surface area contributed by atoms with Gasteiger partial charge in [-0.3, -0.25) is 0 Å². The largest absolute Gasteiger partial charge is 0.496 e. The number of rotatable bonds is 7. The van der Waals surface area contributed by atoms with Gasteiger partial charge in [-0.25, -0.2) is 8.42 Å². The van der Waals surface area contributed by atoms with Crippen LogP contribution < -0.4 is 14.2 Å². The van der Waals surface area contributed by atoms with Crippen LogP contribution in [0.5, 0.6) is 17.2 Å². The fourth-order valence-corrected chi connectivity index (χ4v) is 3.42. The lowest BCUT2D eigenvalue weighted by Crippen LogP contribution is -2.00. The summed E-state index contributed by atoms with van der Waals surface area (Å²) in [6.45, 7) is 0. The van der Waals surface area contributed by atoms with E-state index in [2.05, 4.69) is 0 Å². The van der Waals surface area contributed by atoms with Crippen LogP contribution in [-0.4, -0.2) is 29.7 Å². The fourth-order valence-electron chi connectivity index (χ4n) is 2.32. The van der Waals surface area contributed by atoms with E-state index in [4.69, 9.17) is 19.5 Å². The molecule has 7 heteroatoms. The Bertz CT molecular complexity index is 916. The average Bonchev–Trinajstić information content (AvgIpc) is 2.65. The molecule has 0 aliphatic heterocycles. The highest BCUT2D eigenvalue weighted by Gasteiger charge is 2.13. The Hall–Kier alpha value is -2.98. The number of ether oxygens (including phenoxy) is 3. The van der Waals surface area contributed by atoms with Crippen LogP contribution in [0.25, 0.3) is 6.08 Å². The summed E-state index contributed by atoms with van der Waals surface area (Å²) in [6, 6.07) is 11.7. The number of hydrogen-bond acceptors (Lipinski definition) is 6. The van der Waals surface area contributed by atoms with Crippen LogP contribution in [0.3, 0.4) is 0 Å². The summed E-state index contributed by atoms with van der Waals surface area (Å²) in [6.07, 6.45) is 1.44. The predicted molar refractivity (Wildman–Crippen MR) is 98.9 cm³/mol. The van der Waals surface area contributed by atoms with Crippen LogP contribution in [0, 0.1) is 11.3 Å². The highest BCUT2D eigenvalue weighted by molar-refractivity contribution is 7.93. The third kappa shape index (κ3) is 4.77. The summed E-state index contributed by atoms with van der Waals surface area (Å²) in [5.41, 5.74) is 1.58. The molecule has 0 radical (unpaired) electrons. The van der Waals surface area contributed by atoms with Crippen molar-refractivity contribution in [1.82, 2.24) is 0 Å². The lowest BCUT2D eigenvalue weighted by molar-refractivity contribution is 0.374. The molecule has 0 spiro atoms. The quantitative estimate of drug-likeness (QED) is 0.741. The highest BCUT2D eigenvalue weighted by atomic mass is 32.2. The Kier molecular flexibility index (Phi) is 6.26. The molecule has 2 aromatic rings. The molecule has 136 valence electrons. The van der Waals surface area contributed by atoms with Gasteiger partial charge in [0, 0.05) is 17.5 Å². The molecule has 0 saturated carbocycles. The van der Waals surface area contributed by atoms with Crippen LogP contribution in [0.1, 0.15) is 16.7 Å². The maximum absolute atomic E-state index is 12.4. The Morgan fingerprint density at radius 1 is 1.00 bits per heavy atom. The second-order valence-electron chi connectivity index (χ2n) is 5.36. The average molecular weight is 373 g/mol. The lowest BCUT2D eigenvalue weighted by Gasteiger charge is -2.12. The smallest absolute Gasteiger partial charge is 0.175 e. The van der Waals surface area contributed by atoms with Gasteiger partial charge in [-0.15, -0.1) is 0 Å². The molecule has 0 saturated heterocycles. The van der Waals surface area contributed by atoms with Gasteiger partial charge in [0.25, 0.3) is 0 Å². The Labute approximate surface area is 153 Å². The monoisotopic (exact) mass is 373 g/mol. The van der Waals surface area contributed by atoms with E-state index in [0.29, 0.717) is 33.9 Å². The first kappa shape index (κ1) is 19.3. The van der Waals surface area contributed by atoms with Crippen LogP contribution >= 0.6 is 0 Å². The minimum atomic E-state index is -3.52. The molecule has 0 unspecified atom stereocenters. The van der Waals surface area contributed by atoms with Crippen molar-refractivity contribution in [1.29, 1.82) is 5.26 Å². The molecule has 2 aromatic carbocycles. The first-order valence-electron chi connectivity index (χ1n) is 7.62. The van der Waals surface area contributed by atoms with Crippen molar-refractivity contribution in [3.63, 3.8) is 0 Å². The Balaban J connectivity index is 2.30. The van der Waals surface area contributed by atoms with E-state index >= 15 is 0 Å². The van der Waals surface area contributed by atoms with Crippen LogP contribution in [0.2, 0.25) is 0 Å². The zero-order valence-electron chi connectivity index (χ0n) is 14.7. The van der Waals surface area contributed by atoms with E-state index in [1.54, 1.807) is 36.4 Å². The van der Waals surface area contributed by atoms with Gasteiger partial charge in [0.1, 0.15) is 17.2 Å². The van der Waals surface area contributed by atoms with E-state index < -0.39 is 9.84 Å². The molecule has 0 atom stereocenters. The topological polar surface area (TPSA) is 85.6 Å². The first-order valence-corrected chi connectivity index (χ1v) is 9.34. The van der Waals surface area contributed by atoms with Crippen molar-refractivity contribution in [3.05, 3.63) is 58.5 Å². The summed E-state index contributed by atoms with van der Waals surface area (Å²) in [7, 11) is 0.962. The molecule has 0 aliphatic carbocycles. The molecule has 0 fully saturated rings. The second-order valence-corrected chi connectivity index (χ2v) is 7.25. The molecule has 0 aliphatic rings. The Morgan fingerprint density at radius 2 is 1.58 bits per heavy atom. The molecule has 2 rings (SSSR count). The molecule has 26 heavy (non-hydrogen) atoms. The SMILES string of the molecule is COc1cc(OC)c(/C=C/S(=O)(=O)Cc2ccc(C#N)cc2)c(OC)c1. The molecular formula is C19H19NO5S. The minimum absolute atomic E-state index is 0.171. The summed E-state index contributed by atoms with van der Waals surface area (Å²) in [5.74, 6) is 1.24. The van der Waals surface area contributed by atoms with Crippen molar-refractivity contribution in [3.8, 4) is 23.3 Å². The molecule has 0 heterocycles. The third-order valence-electron chi connectivity index (χ3n) is 3.65. The van der Waals surface area contributed by atoms with Gasteiger partial charge in [0.15, 0.2) is 9.84 Å². The van der Waals surface area contributed by atoms with Crippen molar-refractivity contribution < 1.29 is 22.6 Å². The maximum atomic E-state index is 12.4. The summed E-state index contributed by atoms with van der Waals surface area (Å²) in [4.78, 5) is 0. The molecular weight excluding hydrogens is 354 g/mol. The number of sulfone groups is 1. The molecule has 0 bridgehead atoms. The van der Waals surface area contributed by atoms with E-state index in [-0.39, 0.29) is 5.75 Å². The molecule has 0 N–H and O–H groups in total. The van der Waals surface area contributed by atoms with Crippen molar-refractivity contribution in [2.24, 2.45) is 0 Å². The van der Waals surface area contributed by atoms with Gasteiger partial charge in [-0.05, 0) is 23.8 Å². The third-order valence-corrected chi connectivity index (χ3v) is 4.93. The van der Waals surface area contributed by atoms with Crippen LogP contribution in [0.4, 0.5) is 0 Å². The van der Waals surface area contributed by atoms with Gasteiger partial charge in [0.05, 0.1) is 44.3 Å². The minimum Gasteiger partial charge on any atom is -0.496 e. The number of methoxy groups -OCH3 is 3. The van der Waals surface area contributed by atoms with Gasteiger partial charge < -0.3 is 14.2 Å². The second kappa shape index (κ2) is 8.41. The van der Waals surface area contributed by atoms with E-state index in [9.17, 15) is 8.42 Å². The fraction of sp³-hybridized carbons (Fsp3) is 0.211. The van der Waals surface area contributed by atoms with Crippen LogP contribution in [-0.2, 0) is 15.6 Å². The van der Waals surface area contributed by atoms with Gasteiger partial charge in [0.2, 0.25) is 0 Å². The number of benzene rings is 2. The zero-order chi connectivity index (χ0) is 19.2. The number of nitrogens with zero attached hydrogens (tertiary/aromatic N) is 1. The molecule has 0 amide bonds. The lowest BCUT2D eigenvalue weighted by atomic mass is 10.1. The summed E-state index contributed by atoms with van der Waals surface area (Å²) < 4.78 is 40.6.